The molecule has 0 bridgehead atoms. The first-order valence-electron chi connectivity index (χ1n) is 9.60. The summed E-state index contributed by atoms with van der Waals surface area (Å²) in [7, 11) is 0. The number of carbonyl (C=O) groups is 4. The predicted molar refractivity (Wildman–Crippen MR) is 116 cm³/mol. The standard InChI is InChI=1S/C23H20N4O4/c1-13-7-14(2)9-16(8-13)27-22(30)18(21(29)25-23(27)31)10-15-11-26(12-20(24)28)19-6-4-3-5-17(15)19/h3-11H,12H2,1-2H3,(H2,24,28)(H,25,29,31)/b18-10+. The van der Waals surface area contributed by atoms with E-state index in [9.17, 15) is 19.2 Å². The van der Waals surface area contributed by atoms with Gasteiger partial charge in [0.05, 0.1) is 5.69 Å². The number of hydrogen-bond acceptors (Lipinski definition) is 4. The summed E-state index contributed by atoms with van der Waals surface area (Å²) in [4.78, 5) is 50.6. The second-order valence-corrected chi connectivity index (χ2v) is 7.50. The second-order valence-electron chi connectivity index (χ2n) is 7.50. The van der Waals surface area contributed by atoms with Gasteiger partial charge in [0, 0.05) is 22.7 Å². The van der Waals surface area contributed by atoms with E-state index in [0.29, 0.717) is 11.3 Å². The summed E-state index contributed by atoms with van der Waals surface area (Å²) in [6.07, 6.45) is 3.08. The first-order chi connectivity index (χ1) is 14.7. The van der Waals surface area contributed by atoms with Crippen molar-refractivity contribution in [2.45, 2.75) is 20.4 Å². The molecule has 0 aliphatic carbocycles. The van der Waals surface area contributed by atoms with Gasteiger partial charge >= 0.3 is 6.03 Å². The van der Waals surface area contributed by atoms with Crippen LogP contribution >= 0.6 is 0 Å². The molecular formula is C23H20N4O4. The smallest absolute Gasteiger partial charge is 0.335 e. The van der Waals surface area contributed by atoms with E-state index in [1.807, 2.05) is 44.2 Å². The van der Waals surface area contributed by atoms with Crippen LogP contribution in [-0.4, -0.2) is 28.3 Å². The summed E-state index contributed by atoms with van der Waals surface area (Å²) in [5, 5.41) is 2.97. The number of barbiturate groups is 1. The predicted octanol–water partition coefficient (Wildman–Crippen LogP) is 2.41. The Kier molecular flexibility index (Phi) is 4.90. The van der Waals surface area contributed by atoms with E-state index in [-0.39, 0.29) is 12.1 Å². The second kappa shape index (κ2) is 7.56. The molecule has 1 aromatic heterocycles. The van der Waals surface area contributed by atoms with Crippen LogP contribution in [0.15, 0.2) is 54.2 Å². The van der Waals surface area contributed by atoms with Gasteiger partial charge in [-0.3, -0.25) is 19.7 Å². The molecule has 1 aliphatic heterocycles. The van der Waals surface area contributed by atoms with E-state index in [0.717, 1.165) is 26.9 Å². The minimum Gasteiger partial charge on any atom is -0.368 e. The number of benzene rings is 2. The largest absolute Gasteiger partial charge is 0.368 e. The quantitative estimate of drug-likeness (QED) is 0.502. The Labute approximate surface area is 177 Å². The Balaban J connectivity index is 1.82. The van der Waals surface area contributed by atoms with Crippen molar-refractivity contribution in [2.75, 3.05) is 4.90 Å². The number of nitrogens with one attached hydrogen (secondary N) is 1. The topological polar surface area (TPSA) is 114 Å². The fraction of sp³-hybridized carbons (Fsp3) is 0.130. The van der Waals surface area contributed by atoms with Crippen molar-refractivity contribution in [1.82, 2.24) is 9.88 Å². The van der Waals surface area contributed by atoms with Crippen LogP contribution in [0.25, 0.3) is 17.0 Å². The van der Waals surface area contributed by atoms with Gasteiger partial charge in [0.15, 0.2) is 0 Å². The third-order valence-corrected chi connectivity index (χ3v) is 5.01. The average molecular weight is 416 g/mol. The highest BCUT2D eigenvalue weighted by Gasteiger charge is 2.37. The Hall–Kier alpha value is -4.20. The Morgan fingerprint density at radius 3 is 2.42 bits per heavy atom. The number of amides is 5. The fourth-order valence-electron chi connectivity index (χ4n) is 3.82. The van der Waals surface area contributed by atoms with Crippen LogP contribution in [0.1, 0.15) is 16.7 Å². The summed E-state index contributed by atoms with van der Waals surface area (Å²) < 4.78 is 1.65. The van der Waals surface area contributed by atoms with Crippen molar-refractivity contribution in [2.24, 2.45) is 5.73 Å². The number of nitrogens with zero attached hydrogens (tertiary/aromatic N) is 2. The molecule has 0 spiro atoms. The Bertz CT molecular complexity index is 1280. The maximum absolute atomic E-state index is 13.2. The number of carbonyl (C=O) groups excluding carboxylic acids is 4. The molecule has 8 heteroatoms. The minimum atomic E-state index is -0.798. The van der Waals surface area contributed by atoms with Crippen LogP contribution in [0.4, 0.5) is 10.5 Å². The van der Waals surface area contributed by atoms with Crippen LogP contribution in [0.2, 0.25) is 0 Å². The maximum atomic E-state index is 13.2. The number of aryl methyl sites for hydroxylation is 2. The van der Waals surface area contributed by atoms with E-state index >= 15 is 0 Å². The van der Waals surface area contributed by atoms with Crippen molar-refractivity contribution < 1.29 is 19.2 Å². The molecule has 4 rings (SSSR count). The van der Waals surface area contributed by atoms with Crippen molar-refractivity contribution in [3.8, 4) is 0 Å². The molecule has 0 atom stereocenters. The van der Waals surface area contributed by atoms with Gasteiger partial charge in [-0.15, -0.1) is 0 Å². The van der Waals surface area contributed by atoms with Crippen molar-refractivity contribution in [1.29, 1.82) is 0 Å². The zero-order valence-corrected chi connectivity index (χ0v) is 17.0. The molecule has 5 amide bonds. The first kappa shape index (κ1) is 20.1. The summed E-state index contributed by atoms with van der Waals surface area (Å²) >= 11 is 0. The lowest BCUT2D eigenvalue weighted by molar-refractivity contribution is -0.122. The number of nitrogens with two attached hydrogens (primary N) is 1. The molecule has 8 nitrogen and oxygen atoms in total. The van der Waals surface area contributed by atoms with Crippen LogP contribution in [0.3, 0.4) is 0 Å². The molecule has 0 radical (unpaired) electrons. The molecule has 156 valence electrons. The van der Waals surface area contributed by atoms with Gasteiger partial charge in [-0.2, -0.15) is 0 Å². The van der Waals surface area contributed by atoms with Crippen molar-refractivity contribution >= 4 is 46.4 Å². The fourth-order valence-corrected chi connectivity index (χ4v) is 3.82. The zero-order valence-electron chi connectivity index (χ0n) is 17.0. The molecule has 3 N–H and O–H groups in total. The SMILES string of the molecule is Cc1cc(C)cc(N2C(=O)NC(=O)/C(=C\c3cn(CC(N)=O)c4ccccc34)C2=O)c1. The van der Waals surface area contributed by atoms with Gasteiger partial charge in [-0.1, -0.05) is 24.3 Å². The van der Waals surface area contributed by atoms with Gasteiger partial charge in [-0.25, -0.2) is 9.69 Å². The number of imide groups is 2. The zero-order chi connectivity index (χ0) is 22.3. The number of primary amides is 1. The molecular weight excluding hydrogens is 396 g/mol. The summed E-state index contributed by atoms with van der Waals surface area (Å²) in [5.41, 5.74) is 8.60. The number of hydrogen-bond donors (Lipinski definition) is 2. The first-order valence-corrected chi connectivity index (χ1v) is 9.60. The molecule has 1 saturated heterocycles. The van der Waals surface area contributed by atoms with Gasteiger partial charge in [-0.05, 0) is 49.2 Å². The minimum absolute atomic E-state index is 0.0446. The van der Waals surface area contributed by atoms with E-state index in [1.165, 1.54) is 6.08 Å². The summed E-state index contributed by atoms with van der Waals surface area (Å²) in [6, 6.07) is 11.8. The van der Waals surface area contributed by atoms with E-state index < -0.39 is 23.8 Å². The van der Waals surface area contributed by atoms with E-state index in [1.54, 1.807) is 22.9 Å². The monoisotopic (exact) mass is 416 g/mol. The molecule has 31 heavy (non-hydrogen) atoms. The number of rotatable bonds is 4. The van der Waals surface area contributed by atoms with Crippen LogP contribution in [0, 0.1) is 13.8 Å². The van der Waals surface area contributed by atoms with Crippen LogP contribution in [0.5, 0.6) is 0 Å². The molecule has 1 fully saturated rings. The third kappa shape index (κ3) is 3.71. The van der Waals surface area contributed by atoms with Gasteiger partial charge in [0.2, 0.25) is 5.91 Å². The van der Waals surface area contributed by atoms with Crippen LogP contribution in [-0.2, 0) is 20.9 Å². The third-order valence-electron chi connectivity index (χ3n) is 5.01. The Morgan fingerprint density at radius 2 is 1.74 bits per heavy atom. The van der Waals surface area contributed by atoms with Crippen LogP contribution < -0.4 is 16.0 Å². The molecule has 2 heterocycles. The van der Waals surface area contributed by atoms with Gasteiger partial charge in [0.25, 0.3) is 11.8 Å². The summed E-state index contributed by atoms with van der Waals surface area (Å²) in [6.45, 7) is 3.67. The number of aromatic nitrogens is 1. The molecule has 3 aromatic rings. The molecule has 2 aromatic carbocycles. The lowest BCUT2D eigenvalue weighted by atomic mass is 10.0. The highest BCUT2D eigenvalue weighted by atomic mass is 16.2. The lowest BCUT2D eigenvalue weighted by Crippen LogP contribution is -2.54. The number of fused-ring (bicyclic) bond motifs is 1. The summed E-state index contributed by atoms with van der Waals surface area (Å²) in [5.74, 6) is -2.01. The highest BCUT2D eigenvalue weighted by molar-refractivity contribution is 6.39. The van der Waals surface area contributed by atoms with E-state index in [4.69, 9.17) is 5.73 Å². The maximum Gasteiger partial charge on any atom is 0.335 e. The normalized spacial score (nSPS) is 15.6. The molecule has 0 unspecified atom stereocenters. The number of anilines is 1. The molecule has 0 saturated carbocycles. The molecule has 1 aliphatic rings. The Morgan fingerprint density at radius 1 is 1.06 bits per heavy atom. The van der Waals surface area contributed by atoms with Gasteiger partial charge < -0.3 is 10.3 Å². The number of urea groups is 1. The average Bonchev–Trinajstić information content (AvgIpc) is 3.01. The van der Waals surface area contributed by atoms with E-state index in [2.05, 4.69) is 5.32 Å². The number of para-hydroxylation sites is 1. The van der Waals surface area contributed by atoms with Crippen molar-refractivity contribution in [3.63, 3.8) is 0 Å². The van der Waals surface area contributed by atoms with Gasteiger partial charge in [0.1, 0.15) is 12.1 Å². The lowest BCUT2D eigenvalue weighted by Gasteiger charge is -2.26. The van der Waals surface area contributed by atoms with Crippen molar-refractivity contribution in [3.05, 3.63) is 70.9 Å². The highest BCUT2D eigenvalue weighted by Crippen LogP contribution is 2.27.